The average Bonchev–Trinajstić information content (AvgIpc) is 3.16. The molecule has 0 saturated carbocycles. The van der Waals surface area contributed by atoms with Crippen LogP contribution in [0.4, 0.5) is 0 Å². The Hall–Kier alpha value is -1.80. The minimum atomic E-state index is -1.00. The molecule has 0 radical (unpaired) electrons. The molecule has 0 aromatic carbocycles. The number of carbonyl (C=O) groups is 1. The fraction of sp³-hybridized carbons (Fsp3) is 0.600. The third kappa shape index (κ3) is 3.00. The summed E-state index contributed by atoms with van der Waals surface area (Å²) in [7, 11) is 0. The summed E-state index contributed by atoms with van der Waals surface area (Å²) >= 11 is 1.49. The van der Waals surface area contributed by atoms with Crippen molar-refractivity contribution in [2.24, 2.45) is 5.92 Å². The summed E-state index contributed by atoms with van der Waals surface area (Å²) in [6, 6.07) is -0.240. The zero-order valence-electron chi connectivity index (χ0n) is 13.3. The Balaban J connectivity index is 2.00. The predicted octanol–water partition coefficient (Wildman–Crippen LogP) is 2.52. The molecule has 23 heavy (non-hydrogen) atoms. The number of nitrogens with zero attached hydrogens (tertiary/aromatic N) is 3. The monoisotopic (exact) mass is 336 g/mol. The first-order valence-electron chi connectivity index (χ1n) is 7.60. The molecule has 2 aromatic rings. The van der Waals surface area contributed by atoms with Gasteiger partial charge in [-0.15, -0.1) is 11.3 Å². The highest BCUT2D eigenvalue weighted by molar-refractivity contribution is 7.07. The van der Waals surface area contributed by atoms with Crippen LogP contribution in [0.15, 0.2) is 15.4 Å². The Morgan fingerprint density at radius 2 is 2.39 bits per heavy atom. The van der Waals surface area contributed by atoms with Crippen molar-refractivity contribution in [1.82, 2.24) is 20.4 Å². The summed E-state index contributed by atoms with van der Waals surface area (Å²) in [6.45, 7) is 5.80. The molecule has 2 aromatic heterocycles. The van der Waals surface area contributed by atoms with Crippen LogP contribution in [0.2, 0.25) is 0 Å². The Morgan fingerprint density at radius 3 is 2.91 bits per heavy atom. The highest BCUT2D eigenvalue weighted by Gasteiger charge is 2.53. The summed E-state index contributed by atoms with van der Waals surface area (Å²) in [6.07, 6.45) is 0.941. The number of carboxylic acid groups (broad SMARTS) is 1. The van der Waals surface area contributed by atoms with Crippen molar-refractivity contribution >= 4 is 17.3 Å². The van der Waals surface area contributed by atoms with Gasteiger partial charge in [0.1, 0.15) is 5.54 Å². The second-order valence-electron chi connectivity index (χ2n) is 6.51. The summed E-state index contributed by atoms with van der Waals surface area (Å²) in [4.78, 5) is 20.7. The van der Waals surface area contributed by atoms with E-state index in [9.17, 15) is 9.90 Å². The number of rotatable bonds is 5. The lowest BCUT2D eigenvalue weighted by Gasteiger charge is -2.27. The molecule has 0 unspecified atom stereocenters. The number of aromatic nitrogens is 3. The van der Waals surface area contributed by atoms with Gasteiger partial charge in [-0.3, -0.25) is 10.1 Å². The van der Waals surface area contributed by atoms with Gasteiger partial charge in [-0.1, -0.05) is 19.0 Å². The highest BCUT2D eigenvalue weighted by atomic mass is 32.1. The topological polar surface area (TPSA) is 101 Å². The maximum absolute atomic E-state index is 12.0. The van der Waals surface area contributed by atoms with Crippen molar-refractivity contribution in [2.75, 3.05) is 0 Å². The van der Waals surface area contributed by atoms with Crippen molar-refractivity contribution in [3.8, 4) is 0 Å². The van der Waals surface area contributed by atoms with Crippen LogP contribution in [0.3, 0.4) is 0 Å². The Morgan fingerprint density at radius 1 is 1.61 bits per heavy atom. The van der Waals surface area contributed by atoms with Crippen LogP contribution in [-0.2, 0) is 4.79 Å². The van der Waals surface area contributed by atoms with Gasteiger partial charge in [0.25, 0.3) is 0 Å². The van der Waals surface area contributed by atoms with E-state index < -0.39 is 11.5 Å². The molecule has 1 aliphatic heterocycles. The molecule has 0 amide bonds. The second-order valence-corrected chi connectivity index (χ2v) is 7.23. The fourth-order valence-corrected chi connectivity index (χ4v) is 3.97. The highest BCUT2D eigenvalue weighted by Crippen LogP contribution is 2.46. The third-order valence-electron chi connectivity index (χ3n) is 4.20. The number of hydrogen-bond donors (Lipinski definition) is 2. The van der Waals surface area contributed by atoms with Crippen LogP contribution < -0.4 is 5.32 Å². The van der Waals surface area contributed by atoms with E-state index in [0.717, 1.165) is 5.69 Å². The molecule has 0 spiro atoms. The summed E-state index contributed by atoms with van der Waals surface area (Å²) < 4.78 is 5.34. The van der Waals surface area contributed by atoms with E-state index in [1.165, 1.54) is 11.3 Å². The van der Waals surface area contributed by atoms with Crippen molar-refractivity contribution in [3.05, 3.63) is 28.3 Å². The van der Waals surface area contributed by atoms with E-state index in [0.29, 0.717) is 24.6 Å². The maximum Gasteiger partial charge on any atom is 0.323 e. The maximum atomic E-state index is 12.0. The normalized spacial score (nSPS) is 27.7. The molecule has 8 heteroatoms. The van der Waals surface area contributed by atoms with Crippen LogP contribution in [0.1, 0.15) is 56.1 Å². The van der Waals surface area contributed by atoms with Gasteiger partial charge in [0.2, 0.25) is 5.89 Å². The molecular weight excluding hydrogens is 316 g/mol. The minimum absolute atomic E-state index is 0.201. The number of hydrogen-bond acceptors (Lipinski definition) is 7. The van der Waals surface area contributed by atoms with Crippen LogP contribution in [-0.4, -0.2) is 31.7 Å². The largest absolute Gasteiger partial charge is 0.480 e. The fourth-order valence-electron chi connectivity index (χ4n) is 3.38. The first-order chi connectivity index (χ1) is 10.9. The van der Waals surface area contributed by atoms with Crippen LogP contribution in [0.25, 0.3) is 0 Å². The molecule has 3 atom stereocenters. The van der Waals surface area contributed by atoms with Gasteiger partial charge in [0.05, 0.1) is 23.2 Å². The van der Waals surface area contributed by atoms with Crippen molar-refractivity contribution in [1.29, 1.82) is 0 Å². The zero-order valence-corrected chi connectivity index (χ0v) is 14.1. The second kappa shape index (κ2) is 6.01. The summed E-state index contributed by atoms with van der Waals surface area (Å²) in [5.41, 5.74) is 1.56. The molecule has 1 aliphatic rings. The lowest BCUT2D eigenvalue weighted by Crippen LogP contribution is -2.49. The number of aryl methyl sites for hydroxylation is 1. The van der Waals surface area contributed by atoms with Crippen molar-refractivity contribution in [3.63, 3.8) is 0 Å². The van der Waals surface area contributed by atoms with Gasteiger partial charge >= 0.3 is 5.97 Å². The Labute approximate surface area is 138 Å². The van der Waals surface area contributed by atoms with Gasteiger partial charge in [-0.25, -0.2) is 4.98 Å². The van der Waals surface area contributed by atoms with Gasteiger partial charge in [0.15, 0.2) is 5.82 Å². The summed E-state index contributed by atoms with van der Waals surface area (Å²) in [5.74, 6) is 0.227. The molecular formula is C15H20N4O3S. The zero-order chi connectivity index (χ0) is 16.6. The molecule has 1 fully saturated rings. The minimum Gasteiger partial charge on any atom is -0.480 e. The number of aliphatic carboxylic acids is 1. The van der Waals surface area contributed by atoms with Gasteiger partial charge in [-0.2, -0.15) is 4.98 Å². The first kappa shape index (κ1) is 16.1. The van der Waals surface area contributed by atoms with Gasteiger partial charge in [-0.05, 0) is 25.7 Å². The van der Waals surface area contributed by atoms with E-state index in [2.05, 4.69) is 20.4 Å². The molecule has 0 aliphatic carbocycles. The lowest BCUT2D eigenvalue weighted by molar-refractivity contribution is -0.145. The molecule has 0 bridgehead atoms. The van der Waals surface area contributed by atoms with Crippen molar-refractivity contribution in [2.45, 2.75) is 51.1 Å². The number of thiazole rings is 1. The van der Waals surface area contributed by atoms with Gasteiger partial charge in [0, 0.05) is 5.38 Å². The van der Waals surface area contributed by atoms with Crippen LogP contribution >= 0.6 is 11.3 Å². The summed E-state index contributed by atoms with van der Waals surface area (Å²) in [5, 5.41) is 18.9. The smallest absolute Gasteiger partial charge is 0.323 e. The predicted molar refractivity (Wildman–Crippen MR) is 84.2 cm³/mol. The third-order valence-corrected chi connectivity index (χ3v) is 4.80. The average molecular weight is 336 g/mol. The quantitative estimate of drug-likeness (QED) is 0.865. The van der Waals surface area contributed by atoms with Gasteiger partial charge < -0.3 is 9.63 Å². The van der Waals surface area contributed by atoms with Crippen molar-refractivity contribution < 1.29 is 14.4 Å². The van der Waals surface area contributed by atoms with Crippen LogP contribution in [0, 0.1) is 12.8 Å². The van der Waals surface area contributed by atoms with E-state index in [1.807, 2.05) is 19.2 Å². The Kier molecular flexibility index (Phi) is 4.20. The first-order valence-corrected chi connectivity index (χ1v) is 8.55. The molecule has 7 nitrogen and oxygen atoms in total. The number of nitrogens with one attached hydrogen (secondary N) is 1. The molecule has 3 rings (SSSR count). The van der Waals surface area contributed by atoms with E-state index in [1.54, 1.807) is 12.4 Å². The Bertz CT molecular complexity index is 685. The van der Waals surface area contributed by atoms with E-state index in [4.69, 9.17) is 4.52 Å². The van der Waals surface area contributed by atoms with E-state index >= 15 is 0 Å². The lowest BCUT2D eigenvalue weighted by atomic mass is 9.84. The SMILES string of the molecule is Cc1noc([C@@H]2C[C@@](CC(C)C)(C(=O)O)N[C@H]2c2cscn2)n1. The molecule has 1 saturated heterocycles. The molecule has 2 N–H and O–H groups in total. The van der Waals surface area contributed by atoms with Crippen LogP contribution in [0.5, 0.6) is 0 Å². The number of carboxylic acids is 1. The molecule has 124 valence electrons. The van der Waals surface area contributed by atoms with E-state index in [-0.39, 0.29) is 17.9 Å². The standard InChI is InChI=1S/C15H20N4O3S/c1-8(2)4-15(14(20)21)5-10(13-17-9(3)19-22-13)12(18-15)11-6-23-7-16-11/h6-8,10,12,18H,4-5H2,1-3H3,(H,20,21)/t10-,12-,15+/m1/s1. The molecule has 3 heterocycles.